The fraction of sp³-hybridized carbons (Fsp3) is 0.667. The molecular weight excluding hydrogens is 344 g/mol. The van der Waals surface area contributed by atoms with Crippen LogP contribution in [0.3, 0.4) is 0 Å². The van der Waals surface area contributed by atoms with E-state index in [1.54, 1.807) is 25.1 Å². The van der Waals surface area contributed by atoms with Gasteiger partial charge in [0, 0.05) is 24.7 Å². The Morgan fingerprint density at radius 3 is 2.67 bits per heavy atom. The van der Waals surface area contributed by atoms with Crippen LogP contribution in [0.1, 0.15) is 37.7 Å². The highest BCUT2D eigenvalue weighted by Crippen LogP contribution is 2.46. The summed E-state index contributed by atoms with van der Waals surface area (Å²) in [5, 5.41) is 0.560. The quantitative estimate of drug-likeness (QED) is 0.883. The third kappa shape index (κ3) is 3.64. The molecule has 1 aliphatic carbocycles. The average Bonchev–Trinajstić information content (AvgIpc) is 2.81. The average molecular weight is 371 g/mol. The molecule has 1 heterocycles. The molecule has 1 N–H and O–H groups in total. The van der Waals surface area contributed by atoms with Gasteiger partial charge >= 0.3 is 0 Å². The lowest BCUT2D eigenvalue weighted by Gasteiger charge is -2.38. The normalized spacial score (nSPS) is 24.5. The Kier molecular flexibility index (Phi) is 5.26. The number of sulfonamides is 1. The van der Waals surface area contributed by atoms with E-state index in [0.29, 0.717) is 33.4 Å². The number of hydrogen-bond donors (Lipinski definition) is 1. The lowest BCUT2D eigenvalue weighted by molar-refractivity contribution is 0.144. The van der Waals surface area contributed by atoms with Gasteiger partial charge in [0.05, 0.1) is 4.90 Å². The molecule has 1 aliphatic heterocycles. The number of likely N-dealkylation sites (tertiary alicyclic amines) is 1. The molecule has 0 radical (unpaired) electrons. The van der Waals surface area contributed by atoms with E-state index in [2.05, 4.69) is 16.7 Å². The monoisotopic (exact) mass is 370 g/mol. The number of nitrogens with zero attached hydrogens (tertiary/aromatic N) is 1. The Morgan fingerprint density at radius 2 is 2.00 bits per heavy atom. The lowest BCUT2D eigenvalue weighted by atomic mass is 9.68. The Hall–Kier alpha value is -0.620. The summed E-state index contributed by atoms with van der Waals surface area (Å²) in [4.78, 5) is 2.69. The molecular formula is C18H27ClN2O2S. The smallest absolute Gasteiger partial charge is 0.240 e. The summed E-state index contributed by atoms with van der Waals surface area (Å²) >= 11 is 5.94. The first-order chi connectivity index (χ1) is 11.3. The van der Waals surface area contributed by atoms with E-state index in [0.717, 1.165) is 13.1 Å². The van der Waals surface area contributed by atoms with Crippen molar-refractivity contribution in [3.8, 4) is 0 Å². The van der Waals surface area contributed by atoms with Gasteiger partial charge in [0.25, 0.3) is 0 Å². The fourth-order valence-electron chi connectivity index (χ4n) is 4.61. The highest BCUT2D eigenvalue weighted by Gasteiger charge is 2.45. The van der Waals surface area contributed by atoms with Gasteiger partial charge in [-0.3, -0.25) is 0 Å². The van der Waals surface area contributed by atoms with Gasteiger partial charge in [-0.05, 0) is 61.9 Å². The van der Waals surface area contributed by atoms with Crippen molar-refractivity contribution in [2.75, 3.05) is 26.7 Å². The van der Waals surface area contributed by atoms with E-state index < -0.39 is 10.0 Å². The number of rotatable bonds is 4. The van der Waals surface area contributed by atoms with Gasteiger partial charge in [-0.1, -0.05) is 30.9 Å². The third-order valence-electron chi connectivity index (χ3n) is 5.78. The van der Waals surface area contributed by atoms with Gasteiger partial charge in [0.1, 0.15) is 0 Å². The second kappa shape index (κ2) is 6.94. The fourth-order valence-corrected chi connectivity index (χ4v) is 6.14. The summed E-state index contributed by atoms with van der Waals surface area (Å²) in [6.45, 7) is 4.38. The van der Waals surface area contributed by atoms with Gasteiger partial charge in [0.2, 0.25) is 10.0 Å². The van der Waals surface area contributed by atoms with E-state index in [9.17, 15) is 8.42 Å². The third-order valence-corrected chi connectivity index (χ3v) is 7.60. The zero-order valence-corrected chi connectivity index (χ0v) is 16.1. The Labute approximate surface area is 150 Å². The van der Waals surface area contributed by atoms with E-state index in [1.165, 1.54) is 32.1 Å². The van der Waals surface area contributed by atoms with Crippen molar-refractivity contribution in [2.45, 2.75) is 43.9 Å². The molecule has 1 spiro atoms. The molecule has 0 unspecified atom stereocenters. The molecule has 1 aromatic carbocycles. The molecule has 1 saturated heterocycles. The minimum absolute atomic E-state index is 0.296. The molecule has 1 saturated carbocycles. The van der Waals surface area contributed by atoms with Crippen molar-refractivity contribution >= 4 is 21.6 Å². The van der Waals surface area contributed by atoms with Gasteiger partial charge < -0.3 is 4.90 Å². The standard InChI is InChI=1S/C18H27ClN2O2S/c1-14-10-16(19)6-7-17(14)24(22,23)20-11-15-12-21(2)13-18(15)8-4-3-5-9-18/h6-7,10,15,20H,3-5,8-9,11-13H2,1-2H3/t15-/m0/s1. The number of benzene rings is 1. The molecule has 2 fully saturated rings. The number of halogens is 1. The zero-order chi connectivity index (χ0) is 17.4. The molecule has 1 atom stereocenters. The molecule has 6 heteroatoms. The zero-order valence-electron chi connectivity index (χ0n) is 14.5. The van der Waals surface area contributed by atoms with Crippen molar-refractivity contribution in [2.24, 2.45) is 11.3 Å². The summed E-state index contributed by atoms with van der Waals surface area (Å²) < 4.78 is 28.3. The van der Waals surface area contributed by atoms with Crippen molar-refractivity contribution in [1.29, 1.82) is 0 Å². The van der Waals surface area contributed by atoms with Crippen LogP contribution in [-0.2, 0) is 10.0 Å². The first-order valence-corrected chi connectivity index (χ1v) is 10.6. The van der Waals surface area contributed by atoms with Crippen LogP contribution in [0.2, 0.25) is 5.02 Å². The Bertz CT molecular complexity index is 699. The summed E-state index contributed by atoms with van der Waals surface area (Å²) in [7, 11) is -1.35. The van der Waals surface area contributed by atoms with Crippen LogP contribution >= 0.6 is 11.6 Å². The molecule has 0 amide bonds. The number of hydrogen-bond acceptors (Lipinski definition) is 3. The van der Waals surface area contributed by atoms with Crippen molar-refractivity contribution < 1.29 is 8.42 Å². The predicted molar refractivity (Wildman–Crippen MR) is 97.9 cm³/mol. The molecule has 2 aliphatic rings. The minimum Gasteiger partial charge on any atom is -0.305 e. The van der Waals surface area contributed by atoms with Gasteiger partial charge in [-0.25, -0.2) is 13.1 Å². The van der Waals surface area contributed by atoms with E-state index in [4.69, 9.17) is 11.6 Å². The molecule has 0 bridgehead atoms. The van der Waals surface area contributed by atoms with Crippen LogP contribution in [0.15, 0.2) is 23.1 Å². The van der Waals surface area contributed by atoms with Gasteiger partial charge in [0.15, 0.2) is 0 Å². The van der Waals surface area contributed by atoms with Crippen molar-refractivity contribution in [1.82, 2.24) is 9.62 Å². The van der Waals surface area contributed by atoms with Crippen LogP contribution in [-0.4, -0.2) is 40.0 Å². The van der Waals surface area contributed by atoms with Crippen LogP contribution in [0.5, 0.6) is 0 Å². The SMILES string of the molecule is Cc1cc(Cl)ccc1S(=O)(=O)NC[C@H]1CN(C)CC12CCCCC2. The maximum absolute atomic E-state index is 12.7. The van der Waals surface area contributed by atoms with Gasteiger partial charge in [-0.15, -0.1) is 0 Å². The molecule has 24 heavy (non-hydrogen) atoms. The Morgan fingerprint density at radius 1 is 1.29 bits per heavy atom. The summed E-state index contributed by atoms with van der Waals surface area (Å²) in [6.07, 6.45) is 6.31. The molecule has 1 aromatic rings. The van der Waals surface area contributed by atoms with E-state index in [1.807, 2.05) is 0 Å². The Balaban J connectivity index is 1.74. The highest BCUT2D eigenvalue weighted by atomic mass is 35.5. The van der Waals surface area contributed by atoms with Crippen LogP contribution in [0.25, 0.3) is 0 Å². The van der Waals surface area contributed by atoms with Crippen LogP contribution < -0.4 is 4.72 Å². The van der Waals surface area contributed by atoms with Crippen LogP contribution in [0.4, 0.5) is 0 Å². The van der Waals surface area contributed by atoms with E-state index in [-0.39, 0.29) is 0 Å². The second-order valence-corrected chi connectivity index (χ2v) is 9.75. The highest BCUT2D eigenvalue weighted by molar-refractivity contribution is 7.89. The topological polar surface area (TPSA) is 49.4 Å². The van der Waals surface area contributed by atoms with E-state index >= 15 is 0 Å². The maximum atomic E-state index is 12.7. The molecule has 0 aromatic heterocycles. The van der Waals surface area contributed by atoms with Gasteiger partial charge in [-0.2, -0.15) is 0 Å². The largest absolute Gasteiger partial charge is 0.305 e. The molecule has 134 valence electrons. The second-order valence-electron chi connectivity index (χ2n) is 7.58. The summed E-state index contributed by atoms with van der Waals surface area (Å²) in [5.74, 6) is 0.394. The number of aryl methyl sites for hydroxylation is 1. The summed E-state index contributed by atoms with van der Waals surface area (Å²) in [5.41, 5.74) is 0.982. The predicted octanol–water partition coefficient (Wildman–Crippen LogP) is 3.44. The first kappa shape index (κ1) is 18.2. The van der Waals surface area contributed by atoms with Crippen molar-refractivity contribution in [3.05, 3.63) is 28.8 Å². The lowest BCUT2D eigenvalue weighted by Crippen LogP contribution is -2.40. The maximum Gasteiger partial charge on any atom is 0.240 e. The van der Waals surface area contributed by atoms with Crippen LogP contribution in [0, 0.1) is 18.3 Å². The molecule has 3 rings (SSSR count). The summed E-state index contributed by atoms with van der Waals surface area (Å²) in [6, 6.07) is 4.92. The number of nitrogens with one attached hydrogen (secondary N) is 1. The molecule has 4 nitrogen and oxygen atoms in total. The minimum atomic E-state index is -3.50. The van der Waals surface area contributed by atoms with Crippen molar-refractivity contribution in [3.63, 3.8) is 0 Å². The first-order valence-electron chi connectivity index (χ1n) is 8.77.